The zero-order valence-electron chi connectivity index (χ0n) is 17.1. The van der Waals surface area contributed by atoms with Gasteiger partial charge in [-0.15, -0.1) is 0 Å². The van der Waals surface area contributed by atoms with E-state index in [9.17, 15) is 4.79 Å². The molecule has 0 saturated carbocycles. The molecule has 0 radical (unpaired) electrons. The highest BCUT2D eigenvalue weighted by molar-refractivity contribution is 5.77. The molecule has 6 nitrogen and oxygen atoms in total. The van der Waals surface area contributed by atoms with Gasteiger partial charge in [-0.3, -0.25) is 4.79 Å². The normalized spacial score (nSPS) is 11.0. The van der Waals surface area contributed by atoms with Crippen molar-refractivity contribution in [2.45, 2.75) is 46.2 Å². The molecule has 0 unspecified atom stereocenters. The lowest BCUT2D eigenvalue weighted by molar-refractivity contribution is -0.131. The molecule has 1 aromatic carbocycles. The van der Waals surface area contributed by atoms with Gasteiger partial charge in [0.1, 0.15) is 5.69 Å². The SMILES string of the molecule is CCC(=O)N(CCCOC)Cc1c(-c2ccccc2)noc1N(C)C(C)C. The number of methoxy groups -OCH3 is 1. The first-order chi connectivity index (χ1) is 13.0. The number of ether oxygens (including phenoxy) is 1. The van der Waals surface area contributed by atoms with Gasteiger partial charge in [0.25, 0.3) is 0 Å². The molecule has 148 valence electrons. The Bertz CT molecular complexity index is 713. The Labute approximate surface area is 162 Å². The Hall–Kier alpha value is -2.34. The van der Waals surface area contributed by atoms with E-state index in [1.54, 1.807) is 7.11 Å². The Morgan fingerprint density at radius 1 is 1.26 bits per heavy atom. The summed E-state index contributed by atoms with van der Waals surface area (Å²) in [4.78, 5) is 16.4. The monoisotopic (exact) mass is 373 g/mol. The van der Waals surface area contributed by atoms with Gasteiger partial charge in [0.15, 0.2) is 0 Å². The minimum absolute atomic E-state index is 0.115. The van der Waals surface area contributed by atoms with Gasteiger partial charge >= 0.3 is 0 Å². The number of carbonyl (C=O) groups is 1. The zero-order chi connectivity index (χ0) is 19.8. The summed E-state index contributed by atoms with van der Waals surface area (Å²) < 4.78 is 10.9. The summed E-state index contributed by atoms with van der Waals surface area (Å²) in [7, 11) is 3.66. The molecule has 0 fully saturated rings. The Balaban J connectivity index is 2.40. The van der Waals surface area contributed by atoms with Gasteiger partial charge in [-0.05, 0) is 20.3 Å². The van der Waals surface area contributed by atoms with Gasteiger partial charge in [0.2, 0.25) is 11.8 Å². The van der Waals surface area contributed by atoms with Crippen molar-refractivity contribution >= 4 is 11.8 Å². The lowest BCUT2D eigenvalue weighted by atomic mass is 10.1. The molecule has 0 bridgehead atoms. The van der Waals surface area contributed by atoms with Gasteiger partial charge in [-0.2, -0.15) is 0 Å². The molecule has 1 aromatic heterocycles. The van der Waals surface area contributed by atoms with Crippen LogP contribution in [0.1, 0.15) is 39.2 Å². The second kappa shape index (κ2) is 10.1. The molecule has 2 rings (SSSR count). The molecule has 0 saturated heterocycles. The summed E-state index contributed by atoms with van der Waals surface area (Å²) >= 11 is 0. The molecule has 0 aliphatic rings. The topological polar surface area (TPSA) is 58.8 Å². The number of hydrogen-bond donors (Lipinski definition) is 0. The minimum Gasteiger partial charge on any atom is -0.385 e. The number of benzene rings is 1. The number of aromatic nitrogens is 1. The van der Waals surface area contributed by atoms with Crippen LogP contribution in [0.2, 0.25) is 0 Å². The molecule has 0 spiro atoms. The quantitative estimate of drug-likeness (QED) is 0.590. The van der Waals surface area contributed by atoms with Crippen LogP contribution in [0.25, 0.3) is 11.3 Å². The van der Waals surface area contributed by atoms with Crippen molar-refractivity contribution in [2.24, 2.45) is 0 Å². The lowest BCUT2D eigenvalue weighted by Gasteiger charge is -2.25. The Morgan fingerprint density at radius 3 is 2.56 bits per heavy atom. The van der Waals surface area contributed by atoms with E-state index in [-0.39, 0.29) is 11.9 Å². The van der Waals surface area contributed by atoms with Gasteiger partial charge in [0, 0.05) is 45.3 Å². The van der Waals surface area contributed by atoms with Gasteiger partial charge in [-0.25, -0.2) is 0 Å². The van der Waals surface area contributed by atoms with Crippen LogP contribution in [-0.2, 0) is 16.1 Å². The highest BCUT2D eigenvalue weighted by atomic mass is 16.5. The molecule has 27 heavy (non-hydrogen) atoms. The molecule has 0 N–H and O–H groups in total. The zero-order valence-corrected chi connectivity index (χ0v) is 17.1. The number of nitrogens with zero attached hydrogens (tertiary/aromatic N) is 3. The first kappa shape index (κ1) is 21.0. The van der Waals surface area contributed by atoms with E-state index in [0.717, 1.165) is 23.2 Å². The van der Waals surface area contributed by atoms with Crippen molar-refractivity contribution in [1.29, 1.82) is 0 Å². The van der Waals surface area contributed by atoms with Crippen LogP contribution in [0.5, 0.6) is 0 Å². The number of carbonyl (C=O) groups excluding carboxylic acids is 1. The molecular formula is C21H31N3O3. The van der Waals surface area contributed by atoms with Crippen molar-refractivity contribution in [2.75, 3.05) is 32.2 Å². The van der Waals surface area contributed by atoms with E-state index in [0.29, 0.717) is 32.0 Å². The summed E-state index contributed by atoms with van der Waals surface area (Å²) in [5, 5.41) is 4.35. The van der Waals surface area contributed by atoms with Crippen LogP contribution in [0.15, 0.2) is 34.9 Å². The Kier molecular flexibility index (Phi) is 7.85. The number of rotatable bonds is 10. The summed E-state index contributed by atoms with van der Waals surface area (Å²) in [6.45, 7) is 7.82. The minimum atomic E-state index is 0.115. The highest BCUT2D eigenvalue weighted by Crippen LogP contribution is 2.32. The van der Waals surface area contributed by atoms with Crippen LogP contribution >= 0.6 is 0 Å². The molecule has 6 heteroatoms. The standard InChI is InChI=1S/C21H31N3O3/c1-6-19(25)24(13-10-14-26-5)15-18-20(17-11-8-7-9-12-17)22-27-21(18)23(4)16(2)3/h7-9,11-12,16H,6,10,13-15H2,1-5H3. The predicted octanol–water partition coefficient (Wildman–Crippen LogP) is 3.96. The highest BCUT2D eigenvalue weighted by Gasteiger charge is 2.25. The third kappa shape index (κ3) is 5.32. The third-order valence-electron chi connectivity index (χ3n) is 4.69. The van der Waals surface area contributed by atoms with Crippen LogP contribution < -0.4 is 4.90 Å². The van der Waals surface area contributed by atoms with Crippen molar-refractivity contribution in [3.8, 4) is 11.3 Å². The van der Waals surface area contributed by atoms with Gasteiger partial charge in [0.05, 0.1) is 12.1 Å². The van der Waals surface area contributed by atoms with Crippen LogP contribution in [-0.4, -0.2) is 49.3 Å². The molecule has 1 heterocycles. The summed E-state index contributed by atoms with van der Waals surface area (Å²) in [5.74, 6) is 0.828. The molecule has 0 aliphatic carbocycles. The van der Waals surface area contributed by atoms with E-state index in [1.165, 1.54) is 0 Å². The first-order valence-corrected chi connectivity index (χ1v) is 9.53. The molecular weight excluding hydrogens is 342 g/mol. The van der Waals surface area contributed by atoms with Crippen molar-refractivity contribution in [3.05, 3.63) is 35.9 Å². The molecule has 2 aromatic rings. The second-order valence-corrected chi connectivity index (χ2v) is 6.90. The van der Waals surface area contributed by atoms with Crippen LogP contribution in [0.4, 0.5) is 5.88 Å². The van der Waals surface area contributed by atoms with Gasteiger partial charge < -0.3 is 19.1 Å². The molecule has 1 amide bonds. The smallest absolute Gasteiger partial charge is 0.232 e. The number of hydrogen-bond acceptors (Lipinski definition) is 5. The fourth-order valence-electron chi connectivity index (χ4n) is 2.88. The maximum Gasteiger partial charge on any atom is 0.232 e. The summed E-state index contributed by atoms with van der Waals surface area (Å²) in [6, 6.07) is 10.2. The second-order valence-electron chi connectivity index (χ2n) is 6.90. The van der Waals surface area contributed by atoms with Gasteiger partial charge in [-0.1, -0.05) is 42.4 Å². The summed E-state index contributed by atoms with van der Waals surface area (Å²) in [5.41, 5.74) is 2.72. The fourth-order valence-corrected chi connectivity index (χ4v) is 2.88. The first-order valence-electron chi connectivity index (χ1n) is 9.53. The van der Waals surface area contributed by atoms with E-state index in [2.05, 4.69) is 23.9 Å². The molecule has 0 atom stereocenters. The predicted molar refractivity (Wildman–Crippen MR) is 108 cm³/mol. The average Bonchev–Trinajstić information content (AvgIpc) is 3.10. The van der Waals surface area contributed by atoms with E-state index < -0.39 is 0 Å². The fraction of sp³-hybridized carbons (Fsp3) is 0.524. The third-order valence-corrected chi connectivity index (χ3v) is 4.69. The van der Waals surface area contributed by atoms with E-state index in [4.69, 9.17) is 9.26 Å². The molecule has 0 aliphatic heterocycles. The van der Waals surface area contributed by atoms with Crippen LogP contribution in [0.3, 0.4) is 0 Å². The van der Waals surface area contributed by atoms with Crippen molar-refractivity contribution in [1.82, 2.24) is 10.1 Å². The maximum absolute atomic E-state index is 12.5. The van der Waals surface area contributed by atoms with Crippen molar-refractivity contribution < 1.29 is 14.1 Å². The van der Waals surface area contributed by atoms with E-state index >= 15 is 0 Å². The van der Waals surface area contributed by atoms with Crippen LogP contribution in [0, 0.1) is 0 Å². The number of anilines is 1. The lowest BCUT2D eigenvalue weighted by Crippen LogP contribution is -2.33. The summed E-state index contributed by atoms with van der Waals surface area (Å²) in [6.07, 6.45) is 1.26. The maximum atomic E-state index is 12.5. The van der Waals surface area contributed by atoms with Crippen molar-refractivity contribution in [3.63, 3.8) is 0 Å². The largest absolute Gasteiger partial charge is 0.385 e. The Morgan fingerprint density at radius 2 is 1.96 bits per heavy atom. The number of amides is 1. The average molecular weight is 373 g/mol. The van der Waals surface area contributed by atoms with E-state index in [1.807, 2.05) is 49.2 Å².